The minimum Gasteiger partial charge on any atom is -0.475 e. The van der Waals surface area contributed by atoms with Crippen molar-refractivity contribution in [3.8, 4) is 0 Å². The molecule has 0 radical (unpaired) electrons. The molecule has 0 saturated carbocycles. The Labute approximate surface area is 205 Å². The SMILES string of the molecule is Fc1ccc(CN2CC3(CCN(Cc4ccsc4)C3)C2)cc1.O=C(O)C(F)(F)F.O=C(O)C(F)(F)F. The summed E-state index contributed by atoms with van der Waals surface area (Å²) in [6.07, 6.45) is -8.85. The molecule has 4 rings (SSSR count). The molecule has 2 N–H and O–H groups in total. The summed E-state index contributed by atoms with van der Waals surface area (Å²) in [5.74, 6) is -5.66. The Kier molecular flexibility index (Phi) is 9.85. The molecule has 0 amide bonds. The van der Waals surface area contributed by atoms with Crippen LogP contribution in [0, 0.1) is 11.2 Å². The van der Waals surface area contributed by atoms with Crippen LogP contribution in [0.1, 0.15) is 17.5 Å². The van der Waals surface area contributed by atoms with Gasteiger partial charge >= 0.3 is 24.3 Å². The summed E-state index contributed by atoms with van der Waals surface area (Å²) in [7, 11) is 0. The van der Waals surface area contributed by atoms with E-state index in [1.54, 1.807) is 23.5 Å². The Balaban J connectivity index is 0.000000271. The van der Waals surface area contributed by atoms with E-state index in [2.05, 4.69) is 26.6 Å². The molecule has 2 fully saturated rings. The molecule has 0 aliphatic carbocycles. The minimum absolute atomic E-state index is 0.149. The second-order valence-electron chi connectivity index (χ2n) is 8.47. The minimum atomic E-state index is -5.08. The van der Waals surface area contributed by atoms with Crippen LogP contribution < -0.4 is 0 Å². The third-order valence-corrected chi connectivity index (χ3v) is 6.16. The highest BCUT2D eigenvalue weighted by molar-refractivity contribution is 7.07. The van der Waals surface area contributed by atoms with Crippen LogP contribution in [0.15, 0.2) is 41.1 Å². The van der Waals surface area contributed by atoms with Crippen molar-refractivity contribution in [2.75, 3.05) is 26.2 Å². The normalized spacial score (nSPS) is 17.4. The lowest BCUT2D eigenvalue weighted by atomic mass is 9.79. The number of carbonyl (C=O) groups is 2. The van der Waals surface area contributed by atoms with Crippen molar-refractivity contribution >= 4 is 23.3 Å². The molecule has 6 nitrogen and oxygen atoms in total. The van der Waals surface area contributed by atoms with E-state index in [0.717, 1.165) is 13.1 Å². The van der Waals surface area contributed by atoms with E-state index in [1.807, 2.05) is 12.1 Å². The molecule has 2 aliphatic rings. The number of likely N-dealkylation sites (tertiary alicyclic amines) is 2. The average Bonchev–Trinajstić information content (AvgIpc) is 3.39. The van der Waals surface area contributed by atoms with Crippen LogP contribution in [0.25, 0.3) is 0 Å². The Morgan fingerprint density at radius 1 is 0.833 bits per heavy atom. The van der Waals surface area contributed by atoms with Gasteiger partial charge in [0, 0.05) is 38.1 Å². The zero-order valence-corrected chi connectivity index (χ0v) is 19.5. The fourth-order valence-electron chi connectivity index (χ4n) is 3.92. The first kappa shape index (κ1) is 29.5. The lowest BCUT2D eigenvalue weighted by Crippen LogP contribution is -2.56. The summed E-state index contributed by atoms with van der Waals surface area (Å²) in [5, 5.41) is 18.7. The molecule has 2 saturated heterocycles. The molecule has 0 atom stereocenters. The monoisotopic (exact) mass is 544 g/mol. The van der Waals surface area contributed by atoms with Crippen molar-refractivity contribution in [3.05, 3.63) is 58.0 Å². The lowest BCUT2D eigenvalue weighted by molar-refractivity contribution is -0.193. The first-order chi connectivity index (χ1) is 16.6. The van der Waals surface area contributed by atoms with Gasteiger partial charge in [0.2, 0.25) is 0 Å². The number of halogens is 7. The summed E-state index contributed by atoms with van der Waals surface area (Å²) >= 11 is 1.78. The number of carboxylic acids is 2. The van der Waals surface area contributed by atoms with E-state index in [0.29, 0.717) is 5.41 Å². The summed E-state index contributed by atoms with van der Waals surface area (Å²) in [6, 6.07) is 9.15. The number of aliphatic carboxylic acids is 2. The summed E-state index contributed by atoms with van der Waals surface area (Å²) in [5.41, 5.74) is 3.17. The van der Waals surface area contributed by atoms with Gasteiger partial charge in [0.05, 0.1) is 0 Å². The van der Waals surface area contributed by atoms with Gasteiger partial charge in [-0.1, -0.05) is 12.1 Å². The fourth-order valence-corrected chi connectivity index (χ4v) is 4.58. The fraction of sp³-hybridized carbons (Fsp3) is 0.455. The molecule has 2 aliphatic heterocycles. The van der Waals surface area contributed by atoms with Crippen molar-refractivity contribution in [3.63, 3.8) is 0 Å². The van der Waals surface area contributed by atoms with Crippen molar-refractivity contribution in [2.45, 2.75) is 31.9 Å². The zero-order valence-electron chi connectivity index (χ0n) is 18.7. The van der Waals surface area contributed by atoms with Crippen LogP contribution in [-0.4, -0.2) is 70.5 Å². The quantitative estimate of drug-likeness (QED) is 0.536. The summed E-state index contributed by atoms with van der Waals surface area (Å²) < 4.78 is 76.4. The molecule has 200 valence electrons. The van der Waals surface area contributed by atoms with Crippen molar-refractivity contribution in [1.29, 1.82) is 0 Å². The molecule has 14 heteroatoms. The van der Waals surface area contributed by atoms with Gasteiger partial charge < -0.3 is 10.2 Å². The molecule has 1 aromatic carbocycles. The van der Waals surface area contributed by atoms with E-state index in [9.17, 15) is 30.7 Å². The highest BCUT2D eigenvalue weighted by Crippen LogP contribution is 2.40. The van der Waals surface area contributed by atoms with Gasteiger partial charge in [0.1, 0.15) is 5.82 Å². The van der Waals surface area contributed by atoms with E-state index in [1.165, 1.54) is 43.7 Å². The number of hydrogen-bond acceptors (Lipinski definition) is 5. The topological polar surface area (TPSA) is 81.1 Å². The van der Waals surface area contributed by atoms with Crippen LogP contribution in [0.3, 0.4) is 0 Å². The van der Waals surface area contributed by atoms with Crippen LogP contribution in [0.5, 0.6) is 0 Å². The maximum Gasteiger partial charge on any atom is 0.490 e. The highest BCUT2D eigenvalue weighted by atomic mass is 32.1. The maximum absolute atomic E-state index is 12.9. The predicted molar refractivity (Wildman–Crippen MR) is 116 cm³/mol. The first-order valence-corrected chi connectivity index (χ1v) is 11.3. The Morgan fingerprint density at radius 2 is 1.31 bits per heavy atom. The van der Waals surface area contributed by atoms with Gasteiger partial charge in [-0.15, -0.1) is 0 Å². The average molecular weight is 544 g/mol. The molecule has 0 bridgehead atoms. The van der Waals surface area contributed by atoms with Gasteiger partial charge in [-0.25, -0.2) is 14.0 Å². The van der Waals surface area contributed by atoms with Crippen molar-refractivity contribution in [1.82, 2.24) is 9.80 Å². The molecule has 1 aromatic heterocycles. The van der Waals surface area contributed by atoms with Crippen molar-refractivity contribution in [2.24, 2.45) is 5.41 Å². The third-order valence-electron chi connectivity index (χ3n) is 5.43. The van der Waals surface area contributed by atoms with Gasteiger partial charge in [0.15, 0.2) is 0 Å². The number of hydrogen-bond donors (Lipinski definition) is 2. The van der Waals surface area contributed by atoms with Gasteiger partial charge in [-0.2, -0.15) is 37.7 Å². The number of benzene rings is 1. The summed E-state index contributed by atoms with van der Waals surface area (Å²) in [6.45, 7) is 6.87. The molecule has 0 unspecified atom stereocenters. The molecular formula is C22H23F7N2O4S. The Morgan fingerprint density at radius 3 is 1.75 bits per heavy atom. The standard InChI is InChI=1S/C18H21FN2S.2C2HF3O2/c19-17-3-1-15(2-4-17)9-21-13-18(14-21)6-7-20(12-18)10-16-5-8-22-11-16;2*3-2(4,5)1(6)7/h1-5,8,11H,6-7,9-10,12-14H2;2*(H,6,7). The maximum atomic E-state index is 12.9. The summed E-state index contributed by atoms with van der Waals surface area (Å²) in [4.78, 5) is 22.9. The number of carboxylic acid groups (broad SMARTS) is 2. The second kappa shape index (κ2) is 12.0. The largest absolute Gasteiger partial charge is 0.490 e. The first-order valence-electron chi connectivity index (χ1n) is 10.4. The molecule has 36 heavy (non-hydrogen) atoms. The van der Waals surface area contributed by atoms with Gasteiger partial charge in [-0.3, -0.25) is 9.80 Å². The number of nitrogens with zero attached hydrogens (tertiary/aromatic N) is 2. The van der Waals surface area contributed by atoms with Gasteiger partial charge in [-0.05, 0) is 53.1 Å². The van der Waals surface area contributed by atoms with E-state index in [4.69, 9.17) is 19.8 Å². The second-order valence-corrected chi connectivity index (χ2v) is 9.25. The van der Waals surface area contributed by atoms with Gasteiger partial charge in [0.25, 0.3) is 0 Å². The lowest BCUT2D eigenvalue weighted by Gasteiger charge is -2.48. The Bertz CT molecular complexity index is 965. The zero-order chi connectivity index (χ0) is 27.1. The molecule has 2 aromatic rings. The Hall–Kier alpha value is -2.71. The number of thiophene rings is 1. The third kappa shape index (κ3) is 9.39. The van der Waals surface area contributed by atoms with Crippen molar-refractivity contribution < 1.29 is 50.5 Å². The number of alkyl halides is 6. The van der Waals surface area contributed by atoms with Crippen LogP contribution in [0.4, 0.5) is 30.7 Å². The predicted octanol–water partition coefficient (Wildman–Crippen LogP) is 4.86. The van der Waals surface area contributed by atoms with E-state index < -0.39 is 24.3 Å². The van der Waals surface area contributed by atoms with E-state index >= 15 is 0 Å². The highest BCUT2D eigenvalue weighted by Gasteiger charge is 2.47. The molecule has 3 heterocycles. The smallest absolute Gasteiger partial charge is 0.475 e. The van der Waals surface area contributed by atoms with Crippen LogP contribution in [-0.2, 0) is 22.7 Å². The van der Waals surface area contributed by atoms with Crippen LogP contribution in [0.2, 0.25) is 0 Å². The van der Waals surface area contributed by atoms with Crippen LogP contribution >= 0.6 is 11.3 Å². The number of rotatable bonds is 4. The molecule has 1 spiro atoms. The molecular weight excluding hydrogens is 521 g/mol. The van der Waals surface area contributed by atoms with E-state index in [-0.39, 0.29) is 5.82 Å².